The number of nitrogens with one attached hydrogen (secondary N) is 2. The topological polar surface area (TPSA) is 101 Å². The summed E-state index contributed by atoms with van der Waals surface area (Å²) in [6, 6.07) is 8.20. The van der Waals surface area contributed by atoms with Crippen molar-refractivity contribution >= 4 is 40.6 Å². The monoisotopic (exact) mass is 411 g/mol. The molecule has 2 N–H and O–H groups in total. The van der Waals surface area contributed by atoms with Crippen LogP contribution in [-0.2, 0) is 15.8 Å². The Labute approximate surface area is 160 Å². The molecule has 0 bridgehead atoms. The van der Waals surface area contributed by atoms with Crippen molar-refractivity contribution in [3.8, 4) is 0 Å². The molecule has 11 heteroatoms. The van der Waals surface area contributed by atoms with E-state index in [9.17, 15) is 32.9 Å². The average molecular weight is 411 g/mol. The molecule has 2 amide bonds. The van der Waals surface area contributed by atoms with Gasteiger partial charge < -0.3 is 10.6 Å². The number of hydrogen-bond donors (Lipinski definition) is 2. The van der Waals surface area contributed by atoms with Gasteiger partial charge >= 0.3 is 6.18 Å². The quantitative estimate of drug-likeness (QED) is 0.584. The molecule has 146 valence electrons. The van der Waals surface area contributed by atoms with Crippen LogP contribution in [0.15, 0.2) is 47.4 Å². The van der Waals surface area contributed by atoms with Gasteiger partial charge in [0.15, 0.2) is 0 Å². The van der Waals surface area contributed by atoms with Gasteiger partial charge in [0.2, 0.25) is 11.8 Å². The zero-order valence-corrected chi connectivity index (χ0v) is 14.8. The van der Waals surface area contributed by atoms with Gasteiger partial charge in [-0.1, -0.05) is 0 Å². The van der Waals surface area contributed by atoms with Gasteiger partial charge in [-0.05, 0) is 30.3 Å². The minimum atomic E-state index is -4.52. The maximum Gasteiger partial charge on any atom is 0.416 e. The minimum absolute atomic E-state index is 0.0526. The lowest BCUT2D eigenvalue weighted by molar-refractivity contribution is -0.384. The Balaban J connectivity index is 1.66. The van der Waals surface area contributed by atoms with E-state index in [1.54, 1.807) is 0 Å². The van der Waals surface area contributed by atoms with Crippen LogP contribution in [0.4, 0.5) is 30.2 Å². The SMILES string of the molecule is O=C(CC1Sc2ccc(C(F)(F)F)cc2NC1=O)Nc1ccc([N+](=O)[O-])cc1. The number of halogens is 3. The smallest absolute Gasteiger partial charge is 0.326 e. The number of carbonyl (C=O) groups excluding carboxylic acids is 2. The number of alkyl halides is 3. The van der Waals surface area contributed by atoms with Crippen LogP contribution in [-0.4, -0.2) is 22.0 Å². The van der Waals surface area contributed by atoms with E-state index in [1.807, 2.05) is 0 Å². The molecular formula is C17H12F3N3O4S. The molecular weight excluding hydrogens is 399 g/mol. The highest BCUT2D eigenvalue weighted by Crippen LogP contribution is 2.40. The van der Waals surface area contributed by atoms with Gasteiger partial charge in [-0.3, -0.25) is 19.7 Å². The van der Waals surface area contributed by atoms with Gasteiger partial charge in [-0.2, -0.15) is 13.2 Å². The zero-order valence-electron chi connectivity index (χ0n) is 13.9. The molecule has 7 nitrogen and oxygen atoms in total. The molecule has 0 aliphatic carbocycles. The van der Waals surface area contributed by atoms with Crippen LogP contribution in [0.5, 0.6) is 0 Å². The number of benzene rings is 2. The molecule has 0 radical (unpaired) electrons. The number of amides is 2. The van der Waals surface area contributed by atoms with E-state index in [2.05, 4.69) is 10.6 Å². The first-order valence-electron chi connectivity index (χ1n) is 7.86. The van der Waals surface area contributed by atoms with Crippen LogP contribution >= 0.6 is 11.8 Å². The van der Waals surface area contributed by atoms with Gasteiger partial charge in [-0.15, -0.1) is 11.8 Å². The first-order chi connectivity index (χ1) is 13.1. The summed E-state index contributed by atoms with van der Waals surface area (Å²) in [5, 5.41) is 14.7. The van der Waals surface area contributed by atoms with Gasteiger partial charge in [-0.25, -0.2) is 0 Å². The minimum Gasteiger partial charge on any atom is -0.326 e. The molecule has 0 saturated carbocycles. The lowest BCUT2D eigenvalue weighted by Crippen LogP contribution is -2.32. The molecule has 0 saturated heterocycles. The van der Waals surface area contributed by atoms with Gasteiger partial charge in [0.05, 0.1) is 21.4 Å². The van der Waals surface area contributed by atoms with E-state index < -0.39 is 33.7 Å². The second-order valence-electron chi connectivity index (χ2n) is 5.86. The number of nitrogens with zero attached hydrogens (tertiary/aromatic N) is 1. The molecule has 1 unspecified atom stereocenters. The fourth-order valence-corrected chi connectivity index (χ4v) is 3.60. The van der Waals surface area contributed by atoms with Crippen LogP contribution < -0.4 is 10.6 Å². The van der Waals surface area contributed by atoms with Crippen molar-refractivity contribution in [1.82, 2.24) is 0 Å². The summed E-state index contributed by atoms with van der Waals surface area (Å²) in [6.45, 7) is 0. The van der Waals surface area contributed by atoms with E-state index in [0.29, 0.717) is 10.6 Å². The Morgan fingerprint density at radius 2 is 1.89 bits per heavy atom. The lowest BCUT2D eigenvalue weighted by atomic mass is 10.1. The summed E-state index contributed by atoms with van der Waals surface area (Å²) < 4.78 is 38.3. The molecule has 0 spiro atoms. The normalized spacial score (nSPS) is 16.1. The number of carbonyl (C=O) groups is 2. The predicted molar refractivity (Wildman–Crippen MR) is 96.1 cm³/mol. The number of anilines is 2. The van der Waals surface area contributed by atoms with Gasteiger partial charge in [0.25, 0.3) is 5.69 Å². The standard InChI is InChI=1S/C17H12F3N3O4S/c18-17(19,20)9-1-6-13-12(7-9)22-16(25)14(28-13)8-15(24)21-10-2-4-11(5-3-10)23(26)27/h1-7,14H,8H2,(H,21,24)(H,22,25). The number of fused-ring (bicyclic) bond motifs is 1. The Bertz CT molecular complexity index is 948. The summed E-state index contributed by atoms with van der Waals surface area (Å²) in [4.78, 5) is 34.8. The van der Waals surface area contributed by atoms with Gasteiger partial charge in [0, 0.05) is 29.1 Å². The van der Waals surface area contributed by atoms with Crippen molar-refractivity contribution in [2.75, 3.05) is 10.6 Å². The first-order valence-corrected chi connectivity index (χ1v) is 8.74. The van der Waals surface area contributed by atoms with E-state index >= 15 is 0 Å². The van der Waals surface area contributed by atoms with Crippen molar-refractivity contribution in [3.63, 3.8) is 0 Å². The van der Waals surface area contributed by atoms with Crippen LogP contribution in [0.25, 0.3) is 0 Å². The summed E-state index contributed by atoms with van der Waals surface area (Å²) >= 11 is 1.00. The number of non-ortho nitro benzene ring substituents is 1. The summed E-state index contributed by atoms with van der Waals surface area (Å²) in [5.41, 5.74) is -0.625. The lowest BCUT2D eigenvalue weighted by Gasteiger charge is -2.24. The number of hydrogen-bond acceptors (Lipinski definition) is 5. The van der Waals surface area contributed by atoms with E-state index in [-0.39, 0.29) is 17.8 Å². The number of rotatable bonds is 4. The molecule has 28 heavy (non-hydrogen) atoms. The number of thioether (sulfide) groups is 1. The third-order valence-electron chi connectivity index (χ3n) is 3.86. The van der Waals surface area contributed by atoms with Crippen molar-refractivity contribution < 1.29 is 27.7 Å². The molecule has 3 rings (SSSR count). The van der Waals surface area contributed by atoms with Crippen LogP contribution in [0.3, 0.4) is 0 Å². The Morgan fingerprint density at radius 3 is 2.50 bits per heavy atom. The summed E-state index contributed by atoms with van der Waals surface area (Å²) in [5.74, 6) is -1.08. The molecule has 2 aromatic rings. The molecule has 1 heterocycles. The fourth-order valence-electron chi connectivity index (χ4n) is 2.51. The number of nitro groups is 1. The summed E-state index contributed by atoms with van der Waals surface area (Å²) in [7, 11) is 0. The van der Waals surface area contributed by atoms with Crippen LogP contribution in [0.1, 0.15) is 12.0 Å². The van der Waals surface area contributed by atoms with E-state index in [1.165, 1.54) is 30.3 Å². The molecule has 1 atom stereocenters. The van der Waals surface area contributed by atoms with Crippen molar-refractivity contribution in [1.29, 1.82) is 0 Å². The molecule has 0 fully saturated rings. The van der Waals surface area contributed by atoms with E-state index in [0.717, 1.165) is 23.9 Å². The third kappa shape index (κ3) is 4.42. The maximum absolute atomic E-state index is 12.8. The van der Waals surface area contributed by atoms with Crippen LogP contribution in [0.2, 0.25) is 0 Å². The average Bonchev–Trinajstić information content (AvgIpc) is 2.61. The highest BCUT2D eigenvalue weighted by atomic mass is 32.2. The highest BCUT2D eigenvalue weighted by molar-refractivity contribution is 8.01. The molecule has 1 aliphatic heterocycles. The third-order valence-corrected chi connectivity index (χ3v) is 5.13. The molecule has 0 aromatic heterocycles. The largest absolute Gasteiger partial charge is 0.416 e. The molecule has 1 aliphatic rings. The Kier molecular flexibility index (Phi) is 5.27. The Morgan fingerprint density at radius 1 is 1.21 bits per heavy atom. The van der Waals surface area contributed by atoms with Crippen molar-refractivity contribution in [2.24, 2.45) is 0 Å². The Hall–Kier alpha value is -3.08. The molecule has 2 aromatic carbocycles. The highest BCUT2D eigenvalue weighted by Gasteiger charge is 2.34. The summed E-state index contributed by atoms with van der Waals surface area (Å²) in [6.07, 6.45) is -4.74. The van der Waals surface area contributed by atoms with Crippen LogP contribution in [0, 0.1) is 10.1 Å². The van der Waals surface area contributed by atoms with Crippen molar-refractivity contribution in [2.45, 2.75) is 22.7 Å². The second kappa shape index (κ2) is 7.50. The first kappa shape index (κ1) is 19.7. The van der Waals surface area contributed by atoms with E-state index in [4.69, 9.17) is 0 Å². The fraction of sp³-hybridized carbons (Fsp3) is 0.176. The second-order valence-corrected chi connectivity index (χ2v) is 7.11. The maximum atomic E-state index is 12.8. The zero-order chi connectivity index (χ0) is 20.5. The predicted octanol–water partition coefficient (Wildman–Crippen LogP) is 4.06. The van der Waals surface area contributed by atoms with Gasteiger partial charge in [0.1, 0.15) is 0 Å². The van der Waals surface area contributed by atoms with Crippen molar-refractivity contribution in [3.05, 3.63) is 58.1 Å². The number of nitro benzene ring substituents is 1.